The van der Waals surface area contributed by atoms with Gasteiger partial charge >= 0.3 is 0 Å². The zero-order chi connectivity index (χ0) is 35.8. The van der Waals surface area contributed by atoms with Crippen molar-refractivity contribution in [2.24, 2.45) is 17.8 Å². The lowest BCUT2D eigenvalue weighted by atomic mass is 9.83. The van der Waals surface area contributed by atoms with Crippen LogP contribution in [0.25, 0.3) is 0 Å². The van der Waals surface area contributed by atoms with E-state index in [9.17, 15) is 24.0 Å². The summed E-state index contributed by atoms with van der Waals surface area (Å²) in [5.41, 5.74) is 0.431. The Labute approximate surface area is 287 Å². The molecule has 1 fully saturated rings. The quantitative estimate of drug-likeness (QED) is 0.151. The Morgan fingerprint density at radius 2 is 1.52 bits per heavy atom. The number of nitrogens with one attached hydrogen (secondary N) is 5. The molecule has 5 N–H and O–H groups in total. The smallest absolute Gasteiger partial charge is 0.252 e. The van der Waals surface area contributed by atoms with Crippen molar-refractivity contribution >= 4 is 29.5 Å². The fourth-order valence-electron chi connectivity index (χ4n) is 6.29. The Balaban J connectivity index is 2.17. The molecule has 0 bridgehead atoms. The van der Waals surface area contributed by atoms with Gasteiger partial charge in [-0.15, -0.1) is 0 Å². The van der Waals surface area contributed by atoms with Gasteiger partial charge in [-0.2, -0.15) is 0 Å². The van der Waals surface area contributed by atoms with Gasteiger partial charge in [0, 0.05) is 44.1 Å². The largest absolute Gasteiger partial charge is 0.355 e. The van der Waals surface area contributed by atoms with Crippen molar-refractivity contribution in [1.29, 1.82) is 0 Å². The standard InChI is InChI=1S/C36H61N7O5/c1-9-14-29(43(8)36(48)31(26-15-12-11-13-16-26)42-33(45)27-17-19-37-20-18-27)34(46)40-28(21-23(3)4)22-39-25(7)32(44)41-30(24(5)6)35(47)38-10-2/h17-20,23-26,28-31,39H,9-16,21-22H2,1-8H3,(H,38,47)(H,40,46)(H,41,44)(H,42,45)/t25-,28?,29-,30?,31?/m0/s1. The second-order valence-electron chi connectivity index (χ2n) is 13.9. The van der Waals surface area contributed by atoms with Gasteiger partial charge in [-0.05, 0) is 69.4 Å². The van der Waals surface area contributed by atoms with Gasteiger partial charge < -0.3 is 31.5 Å². The summed E-state index contributed by atoms with van der Waals surface area (Å²) in [5.74, 6) is -1.24. The number of nitrogens with zero attached hydrogens (tertiary/aromatic N) is 2. The van der Waals surface area contributed by atoms with Crippen molar-refractivity contribution < 1.29 is 24.0 Å². The maximum absolute atomic E-state index is 14.1. The van der Waals surface area contributed by atoms with Crippen LogP contribution in [0.3, 0.4) is 0 Å². The Bertz CT molecular complexity index is 1170. The van der Waals surface area contributed by atoms with Crippen LogP contribution in [0.15, 0.2) is 24.5 Å². The first-order valence-electron chi connectivity index (χ1n) is 17.9. The molecule has 12 nitrogen and oxygen atoms in total. The summed E-state index contributed by atoms with van der Waals surface area (Å²) in [6, 6.07) is 0.198. The molecule has 1 aliphatic rings. The molecule has 2 rings (SSSR count). The molecule has 0 spiro atoms. The van der Waals surface area contributed by atoms with Crippen molar-refractivity contribution in [2.75, 3.05) is 20.1 Å². The molecule has 12 heteroatoms. The molecule has 0 saturated heterocycles. The molecule has 0 aromatic carbocycles. The lowest BCUT2D eigenvalue weighted by Gasteiger charge is -2.36. The number of carbonyl (C=O) groups excluding carboxylic acids is 5. The topological polar surface area (TPSA) is 162 Å². The van der Waals surface area contributed by atoms with Crippen LogP contribution >= 0.6 is 0 Å². The predicted molar refractivity (Wildman–Crippen MR) is 188 cm³/mol. The van der Waals surface area contributed by atoms with Gasteiger partial charge in [0.15, 0.2) is 0 Å². The summed E-state index contributed by atoms with van der Waals surface area (Å²) < 4.78 is 0. The van der Waals surface area contributed by atoms with E-state index in [1.807, 2.05) is 27.7 Å². The first-order chi connectivity index (χ1) is 22.8. The third-order valence-corrected chi connectivity index (χ3v) is 9.06. The Kier molecular flexibility index (Phi) is 17.6. The minimum Gasteiger partial charge on any atom is -0.355 e. The van der Waals surface area contributed by atoms with Crippen molar-refractivity contribution in [3.05, 3.63) is 30.1 Å². The predicted octanol–water partition coefficient (Wildman–Crippen LogP) is 3.17. The Morgan fingerprint density at radius 1 is 0.875 bits per heavy atom. The number of likely N-dealkylation sites (N-methyl/N-ethyl adjacent to an activating group) is 2. The van der Waals surface area contributed by atoms with Gasteiger partial charge in [0.1, 0.15) is 18.1 Å². The van der Waals surface area contributed by atoms with E-state index in [2.05, 4.69) is 45.4 Å². The fourth-order valence-corrected chi connectivity index (χ4v) is 6.29. The van der Waals surface area contributed by atoms with Crippen LogP contribution in [0.2, 0.25) is 0 Å². The summed E-state index contributed by atoms with van der Waals surface area (Å²) in [7, 11) is 1.65. The molecule has 3 unspecified atom stereocenters. The summed E-state index contributed by atoms with van der Waals surface area (Å²) in [6.45, 7) is 14.2. The van der Waals surface area contributed by atoms with Crippen LogP contribution in [0.5, 0.6) is 0 Å². The Morgan fingerprint density at radius 3 is 2.08 bits per heavy atom. The van der Waals surface area contributed by atoms with Crippen LogP contribution in [0.4, 0.5) is 0 Å². The highest BCUT2D eigenvalue weighted by molar-refractivity contribution is 5.98. The van der Waals surface area contributed by atoms with Gasteiger partial charge in [-0.3, -0.25) is 29.0 Å². The number of pyridine rings is 1. The highest BCUT2D eigenvalue weighted by Crippen LogP contribution is 2.28. The molecular formula is C36H61N7O5. The average Bonchev–Trinajstić information content (AvgIpc) is 3.06. The van der Waals surface area contributed by atoms with Crippen LogP contribution in [-0.2, 0) is 19.2 Å². The van der Waals surface area contributed by atoms with Gasteiger partial charge in [-0.1, -0.05) is 60.3 Å². The van der Waals surface area contributed by atoms with E-state index >= 15 is 0 Å². The van der Waals surface area contributed by atoms with E-state index in [0.29, 0.717) is 37.9 Å². The van der Waals surface area contributed by atoms with Crippen LogP contribution in [0, 0.1) is 17.8 Å². The molecule has 1 aromatic rings. The van der Waals surface area contributed by atoms with Crippen LogP contribution in [-0.4, -0.2) is 89.8 Å². The van der Waals surface area contributed by atoms with Crippen molar-refractivity contribution in [3.8, 4) is 0 Å². The minimum absolute atomic E-state index is 0.0151. The van der Waals surface area contributed by atoms with E-state index in [1.165, 1.54) is 4.90 Å². The number of carbonyl (C=O) groups is 5. The first-order valence-corrected chi connectivity index (χ1v) is 17.9. The molecule has 1 aliphatic carbocycles. The normalized spacial score (nSPS) is 16.7. The van der Waals surface area contributed by atoms with Crippen molar-refractivity contribution in [1.82, 2.24) is 36.5 Å². The fraction of sp³-hybridized carbons (Fsp3) is 0.722. The molecule has 270 valence electrons. The monoisotopic (exact) mass is 671 g/mol. The van der Waals surface area contributed by atoms with Crippen LogP contribution < -0.4 is 26.6 Å². The van der Waals surface area contributed by atoms with Gasteiger partial charge in [0.2, 0.25) is 23.6 Å². The SMILES string of the molecule is CCC[C@@H](C(=O)NC(CN[C@@H](C)C(=O)NC(C(=O)NCC)C(C)C)CC(C)C)N(C)C(=O)C(NC(=O)c1ccncc1)C1CCCCC1. The molecule has 5 amide bonds. The number of amides is 5. The second kappa shape index (κ2) is 20.7. The number of hydrogen-bond acceptors (Lipinski definition) is 7. The molecular weight excluding hydrogens is 610 g/mol. The Hall–Kier alpha value is -3.54. The molecule has 1 heterocycles. The molecule has 1 saturated carbocycles. The molecule has 1 aromatic heterocycles. The zero-order valence-electron chi connectivity index (χ0n) is 30.4. The van der Waals surface area contributed by atoms with Gasteiger partial charge in [-0.25, -0.2) is 0 Å². The number of rotatable bonds is 19. The highest BCUT2D eigenvalue weighted by atomic mass is 16.2. The lowest BCUT2D eigenvalue weighted by Crippen LogP contribution is -2.58. The van der Waals surface area contributed by atoms with Crippen molar-refractivity contribution in [3.63, 3.8) is 0 Å². The summed E-state index contributed by atoms with van der Waals surface area (Å²) in [5, 5.41) is 15.0. The molecule has 48 heavy (non-hydrogen) atoms. The second-order valence-corrected chi connectivity index (χ2v) is 13.9. The van der Waals surface area contributed by atoms with E-state index in [-0.39, 0.29) is 53.3 Å². The molecule has 0 aliphatic heterocycles. The van der Waals surface area contributed by atoms with E-state index < -0.39 is 24.2 Å². The maximum atomic E-state index is 14.1. The summed E-state index contributed by atoms with van der Waals surface area (Å²) in [4.78, 5) is 72.2. The van der Waals surface area contributed by atoms with E-state index in [1.54, 1.807) is 38.5 Å². The summed E-state index contributed by atoms with van der Waals surface area (Å²) in [6.07, 6.45) is 9.64. The highest BCUT2D eigenvalue weighted by Gasteiger charge is 2.37. The number of aromatic nitrogens is 1. The van der Waals surface area contributed by atoms with Crippen LogP contribution in [0.1, 0.15) is 110 Å². The van der Waals surface area contributed by atoms with Crippen molar-refractivity contribution in [2.45, 2.75) is 130 Å². The third-order valence-electron chi connectivity index (χ3n) is 9.06. The minimum atomic E-state index is -0.746. The van der Waals surface area contributed by atoms with Gasteiger partial charge in [0.05, 0.1) is 6.04 Å². The molecule has 0 radical (unpaired) electrons. The lowest BCUT2D eigenvalue weighted by molar-refractivity contribution is -0.142. The zero-order valence-corrected chi connectivity index (χ0v) is 30.4. The maximum Gasteiger partial charge on any atom is 0.252 e. The number of hydrogen-bond donors (Lipinski definition) is 5. The van der Waals surface area contributed by atoms with E-state index in [0.717, 1.165) is 32.1 Å². The third kappa shape index (κ3) is 12.8. The molecule has 5 atom stereocenters. The summed E-state index contributed by atoms with van der Waals surface area (Å²) >= 11 is 0. The van der Waals surface area contributed by atoms with Gasteiger partial charge in [0.25, 0.3) is 5.91 Å². The van der Waals surface area contributed by atoms with E-state index in [4.69, 9.17) is 0 Å². The average molecular weight is 672 g/mol. The first kappa shape index (κ1) is 40.6.